The molecular formula is C16H11ClFN3O. The summed E-state index contributed by atoms with van der Waals surface area (Å²) < 4.78 is 15.7. The van der Waals surface area contributed by atoms with Gasteiger partial charge in [-0.05, 0) is 30.3 Å². The van der Waals surface area contributed by atoms with E-state index in [1.165, 1.54) is 18.2 Å². The first-order valence-electron chi connectivity index (χ1n) is 6.49. The van der Waals surface area contributed by atoms with E-state index in [1.54, 1.807) is 41.5 Å². The molecule has 1 N–H and O–H groups in total. The molecule has 0 atom stereocenters. The van der Waals surface area contributed by atoms with Crippen LogP contribution in [0.3, 0.4) is 0 Å². The summed E-state index contributed by atoms with van der Waals surface area (Å²) in [7, 11) is 0. The van der Waals surface area contributed by atoms with Crippen LogP contribution in [0.2, 0.25) is 5.02 Å². The average Bonchev–Trinajstić information content (AvgIpc) is 3.04. The highest BCUT2D eigenvalue weighted by molar-refractivity contribution is 6.31. The molecule has 0 radical (unpaired) electrons. The summed E-state index contributed by atoms with van der Waals surface area (Å²) in [4.78, 5) is 16.1. The van der Waals surface area contributed by atoms with Crippen molar-refractivity contribution in [2.24, 2.45) is 0 Å². The topological polar surface area (TPSA) is 46.9 Å². The predicted molar refractivity (Wildman–Crippen MR) is 82.9 cm³/mol. The van der Waals surface area contributed by atoms with Crippen LogP contribution in [0, 0.1) is 5.82 Å². The summed E-state index contributed by atoms with van der Waals surface area (Å²) in [6.07, 6.45) is 5.10. The van der Waals surface area contributed by atoms with E-state index >= 15 is 0 Å². The zero-order valence-corrected chi connectivity index (χ0v) is 12.1. The number of aromatic nitrogens is 2. The summed E-state index contributed by atoms with van der Waals surface area (Å²) in [5.41, 5.74) is 1.29. The van der Waals surface area contributed by atoms with Crippen molar-refractivity contribution in [2.45, 2.75) is 0 Å². The lowest BCUT2D eigenvalue weighted by Crippen LogP contribution is -2.14. The summed E-state index contributed by atoms with van der Waals surface area (Å²) in [6.45, 7) is 0. The molecule has 1 amide bonds. The van der Waals surface area contributed by atoms with Crippen molar-refractivity contribution in [3.05, 3.63) is 77.6 Å². The van der Waals surface area contributed by atoms with Gasteiger partial charge in [-0.1, -0.05) is 23.7 Å². The van der Waals surface area contributed by atoms with Crippen LogP contribution >= 0.6 is 11.6 Å². The number of benzene rings is 2. The van der Waals surface area contributed by atoms with Gasteiger partial charge in [-0.3, -0.25) is 4.79 Å². The zero-order chi connectivity index (χ0) is 15.5. The van der Waals surface area contributed by atoms with Gasteiger partial charge in [-0.2, -0.15) is 0 Å². The zero-order valence-electron chi connectivity index (χ0n) is 11.3. The number of hydrogen-bond donors (Lipinski definition) is 1. The molecular weight excluding hydrogens is 305 g/mol. The van der Waals surface area contributed by atoms with Gasteiger partial charge in [0, 0.05) is 23.8 Å². The molecule has 2 aromatic carbocycles. The Kier molecular flexibility index (Phi) is 3.89. The minimum Gasteiger partial charge on any atom is -0.322 e. The molecule has 0 saturated carbocycles. The van der Waals surface area contributed by atoms with Crippen LogP contribution in [0.4, 0.5) is 10.1 Å². The number of carbonyl (C=O) groups is 1. The molecule has 0 aliphatic carbocycles. The van der Waals surface area contributed by atoms with Gasteiger partial charge in [0.1, 0.15) is 0 Å². The average molecular weight is 316 g/mol. The molecule has 0 unspecified atom stereocenters. The van der Waals surface area contributed by atoms with E-state index in [0.717, 1.165) is 5.69 Å². The van der Waals surface area contributed by atoms with Gasteiger partial charge < -0.3 is 9.88 Å². The summed E-state index contributed by atoms with van der Waals surface area (Å²) in [5, 5.41) is 2.57. The molecule has 110 valence electrons. The lowest BCUT2D eigenvalue weighted by molar-refractivity contribution is 0.102. The minimum atomic E-state index is -0.729. The number of carbonyl (C=O) groups excluding carboxylic acids is 1. The first kappa shape index (κ1) is 14.3. The smallest absolute Gasteiger partial charge is 0.258 e. The van der Waals surface area contributed by atoms with E-state index in [-0.39, 0.29) is 10.6 Å². The number of amides is 1. The van der Waals surface area contributed by atoms with Gasteiger partial charge >= 0.3 is 0 Å². The van der Waals surface area contributed by atoms with Gasteiger partial charge in [-0.15, -0.1) is 0 Å². The minimum absolute atomic E-state index is 0.0835. The summed E-state index contributed by atoms with van der Waals surface area (Å²) in [5.74, 6) is -1.28. The third-order valence-corrected chi connectivity index (χ3v) is 3.39. The van der Waals surface area contributed by atoms with Crippen LogP contribution in [0.5, 0.6) is 0 Å². The van der Waals surface area contributed by atoms with Gasteiger partial charge in [0.05, 0.1) is 16.9 Å². The molecule has 0 aliphatic rings. The maximum Gasteiger partial charge on any atom is 0.258 e. The van der Waals surface area contributed by atoms with E-state index in [9.17, 15) is 9.18 Å². The molecule has 1 heterocycles. The van der Waals surface area contributed by atoms with E-state index in [2.05, 4.69) is 10.3 Å². The molecule has 0 spiro atoms. The molecule has 3 aromatic rings. The van der Waals surface area contributed by atoms with Crippen molar-refractivity contribution in [3.8, 4) is 5.69 Å². The number of nitrogens with one attached hydrogen (secondary N) is 1. The Hall–Kier alpha value is -2.66. The Bertz CT molecular complexity index is 818. The lowest BCUT2D eigenvalue weighted by atomic mass is 10.2. The first-order valence-corrected chi connectivity index (χ1v) is 6.87. The van der Waals surface area contributed by atoms with Crippen molar-refractivity contribution in [1.29, 1.82) is 0 Å². The molecule has 22 heavy (non-hydrogen) atoms. The number of hydrogen-bond acceptors (Lipinski definition) is 2. The van der Waals surface area contributed by atoms with E-state index in [0.29, 0.717) is 5.69 Å². The highest BCUT2D eigenvalue weighted by Crippen LogP contribution is 2.20. The number of halogens is 2. The van der Waals surface area contributed by atoms with Crippen molar-refractivity contribution in [1.82, 2.24) is 9.55 Å². The van der Waals surface area contributed by atoms with Crippen molar-refractivity contribution < 1.29 is 9.18 Å². The summed E-state index contributed by atoms with van der Waals surface area (Å²) in [6, 6.07) is 11.5. The molecule has 6 heteroatoms. The lowest BCUT2D eigenvalue weighted by Gasteiger charge is -2.09. The standard InChI is InChI=1S/C16H11ClFN3O/c17-14-6-2-5-13(15(14)18)16(22)20-11-3-1-4-12(9-11)21-8-7-19-10-21/h1-10H,(H,20,22). The second-order valence-electron chi connectivity index (χ2n) is 4.58. The molecule has 0 bridgehead atoms. The Morgan fingerprint density at radius 1 is 1.23 bits per heavy atom. The fraction of sp³-hybridized carbons (Fsp3) is 0. The maximum atomic E-state index is 13.9. The van der Waals surface area contributed by atoms with Crippen LogP contribution in [-0.2, 0) is 0 Å². The predicted octanol–water partition coefficient (Wildman–Crippen LogP) is 3.92. The summed E-state index contributed by atoms with van der Waals surface area (Å²) >= 11 is 5.69. The normalized spacial score (nSPS) is 10.5. The molecule has 0 aliphatic heterocycles. The molecule has 0 saturated heterocycles. The first-order chi connectivity index (χ1) is 10.6. The van der Waals surface area contributed by atoms with Crippen LogP contribution in [0.1, 0.15) is 10.4 Å². The van der Waals surface area contributed by atoms with Gasteiger partial charge in [0.15, 0.2) is 5.82 Å². The Morgan fingerprint density at radius 3 is 2.82 bits per heavy atom. The molecule has 0 fully saturated rings. The van der Waals surface area contributed by atoms with E-state index in [4.69, 9.17) is 11.6 Å². The second-order valence-corrected chi connectivity index (χ2v) is 4.98. The Morgan fingerprint density at radius 2 is 2.05 bits per heavy atom. The number of imidazole rings is 1. The van der Waals surface area contributed by atoms with Gasteiger partial charge in [-0.25, -0.2) is 9.37 Å². The van der Waals surface area contributed by atoms with Crippen LogP contribution in [0.25, 0.3) is 5.69 Å². The third kappa shape index (κ3) is 2.84. The highest BCUT2D eigenvalue weighted by Gasteiger charge is 2.14. The fourth-order valence-electron chi connectivity index (χ4n) is 2.03. The quantitative estimate of drug-likeness (QED) is 0.796. The molecule has 3 rings (SSSR count). The Labute approximate surface area is 131 Å². The van der Waals surface area contributed by atoms with Crippen LogP contribution in [0.15, 0.2) is 61.2 Å². The van der Waals surface area contributed by atoms with Gasteiger partial charge in [0.2, 0.25) is 0 Å². The van der Waals surface area contributed by atoms with Crippen molar-refractivity contribution in [3.63, 3.8) is 0 Å². The molecule has 1 aromatic heterocycles. The maximum absolute atomic E-state index is 13.9. The highest BCUT2D eigenvalue weighted by atomic mass is 35.5. The SMILES string of the molecule is O=C(Nc1cccc(-n2ccnc2)c1)c1cccc(Cl)c1F. The van der Waals surface area contributed by atoms with Crippen molar-refractivity contribution >= 4 is 23.2 Å². The van der Waals surface area contributed by atoms with Crippen molar-refractivity contribution in [2.75, 3.05) is 5.32 Å². The van der Waals surface area contributed by atoms with E-state index < -0.39 is 11.7 Å². The third-order valence-electron chi connectivity index (χ3n) is 3.10. The van der Waals surface area contributed by atoms with Gasteiger partial charge in [0.25, 0.3) is 5.91 Å². The fourth-order valence-corrected chi connectivity index (χ4v) is 2.21. The number of anilines is 1. The number of rotatable bonds is 3. The largest absolute Gasteiger partial charge is 0.322 e. The Balaban J connectivity index is 1.86. The molecule has 4 nitrogen and oxygen atoms in total. The monoisotopic (exact) mass is 315 g/mol. The number of nitrogens with zero attached hydrogens (tertiary/aromatic N) is 2. The second kappa shape index (κ2) is 5.99. The van der Waals surface area contributed by atoms with Crippen LogP contribution in [-0.4, -0.2) is 15.5 Å². The van der Waals surface area contributed by atoms with E-state index in [1.807, 2.05) is 6.07 Å². The van der Waals surface area contributed by atoms with Crippen LogP contribution < -0.4 is 5.32 Å².